The Labute approximate surface area is 158 Å². The molecular formula is C20H23N3O4. The number of hydrogen-bond donors (Lipinski definition) is 5. The third-order valence-corrected chi connectivity index (χ3v) is 3.62. The van der Waals surface area contributed by atoms with Gasteiger partial charge in [-0.2, -0.15) is 0 Å². The Balaban J connectivity index is 0.000000271. The predicted molar refractivity (Wildman–Crippen MR) is 102 cm³/mol. The van der Waals surface area contributed by atoms with Crippen molar-refractivity contribution in [1.29, 1.82) is 0 Å². The molecule has 0 unspecified atom stereocenters. The second-order valence-corrected chi connectivity index (χ2v) is 5.62. The Morgan fingerprint density at radius 1 is 0.889 bits per heavy atom. The van der Waals surface area contributed by atoms with Crippen LogP contribution in [0.25, 0.3) is 0 Å². The maximum absolute atomic E-state index is 10.7. The van der Waals surface area contributed by atoms with Gasteiger partial charge in [-0.3, -0.25) is 10.6 Å². The van der Waals surface area contributed by atoms with Crippen LogP contribution >= 0.6 is 0 Å². The van der Waals surface area contributed by atoms with Crippen LogP contribution in [-0.2, 0) is 22.4 Å². The SMILES string of the molecule is C#CN[C@@H](Cc1ccccc1)C(=O)O.NN[C@@H](Cc1ccccc1)C(=O)O. The van der Waals surface area contributed by atoms with Gasteiger partial charge in [0.2, 0.25) is 0 Å². The fraction of sp³-hybridized carbons (Fsp3) is 0.200. The van der Waals surface area contributed by atoms with E-state index in [-0.39, 0.29) is 0 Å². The topological polar surface area (TPSA) is 125 Å². The van der Waals surface area contributed by atoms with Crippen molar-refractivity contribution < 1.29 is 19.8 Å². The average molecular weight is 369 g/mol. The quantitative estimate of drug-likeness (QED) is 0.203. The Morgan fingerprint density at radius 2 is 1.30 bits per heavy atom. The lowest BCUT2D eigenvalue weighted by Gasteiger charge is -2.10. The highest BCUT2D eigenvalue weighted by Crippen LogP contribution is 2.03. The number of benzene rings is 2. The highest BCUT2D eigenvalue weighted by Gasteiger charge is 2.16. The Bertz CT molecular complexity index is 745. The van der Waals surface area contributed by atoms with Crippen LogP contribution < -0.4 is 16.6 Å². The van der Waals surface area contributed by atoms with Crippen molar-refractivity contribution in [2.45, 2.75) is 24.9 Å². The lowest BCUT2D eigenvalue weighted by molar-refractivity contribution is -0.140. The summed E-state index contributed by atoms with van der Waals surface area (Å²) in [6, 6.07) is 19.4. The number of hydrogen-bond acceptors (Lipinski definition) is 5. The lowest BCUT2D eigenvalue weighted by atomic mass is 10.1. The number of carboxylic acids is 2. The van der Waals surface area contributed by atoms with Gasteiger partial charge in [0.15, 0.2) is 0 Å². The summed E-state index contributed by atoms with van der Waals surface area (Å²) in [5.74, 6) is 3.21. The maximum atomic E-state index is 10.7. The number of aliphatic carboxylic acids is 2. The van der Waals surface area contributed by atoms with E-state index < -0.39 is 24.0 Å². The molecule has 0 saturated carbocycles. The Hall–Kier alpha value is -3.34. The normalized spacial score (nSPS) is 11.9. The van der Waals surface area contributed by atoms with Crippen LogP contribution in [0.4, 0.5) is 0 Å². The molecule has 0 heterocycles. The number of terminal acetylenes is 1. The summed E-state index contributed by atoms with van der Waals surface area (Å²) in [4.78, 5) is 21.3. The van der Waals surface area contributed by atoms with Gasteiger partial charge in [0.1, 0.15) is 12.1 Å². The second-order valence-electron chi connectivity index (χ2n) is 5.62. The number of carboxylic acid groups (broad SMARTS) is 2. The monoisotopic (exact) mass is 369 g/mol. The molecule has 7 nitrogen and oxygen atoms in total. The molecule has 0 fully saturated rings. The number of hydrazine groups is 1. The molecule has 2 aromatic rings. The number of nitrogens with one attached hydrogen (secondary N) is 2. The number of nitrogens with two attached hydrogens (primary N) is 1. The van der Waals surface area contributed by atoms with Gasteiger partial charge in [-0.05, 0) is 17.5 Å². The minimum Gasteiger partial charge on any atom is -0.480 e. The number of rotatable bonds is 8. The minimum atomic E-state index is -0.939. The molecule has 0 saturated heterocycles. The molecule has 0 aliphatic heterocycles. The molecule has 0 aliphatic carbocycles. The zero-order valence-electron chi connectivity index (χ0n) is 14.7. The van der Waals surface area contributed by atoms with E-state index in [1.54, 1.807) is 0 Å². The van der Waals surface area contributed by atoms with Crippen molar-refractivity contribution in [3.8, 4) is 12.5 Å². The van der Waals surface area contributed by atoms with Gasteiger partial charge < -0.3 is 15.5 Å². The molecule has 7 heteroatoms. The van der Waals surface area contributed by atoms with Gasteiger partial charge in [-0.1, -0.05) is 67.1 Å². The van der Waals surface area contributed by atoms with Crippen LogP contribution in [0, 0.1) is 12.5 Å². The zero-order chi connectivity index (χ0) is 20.1. The fourth-order valence-corrected chi connectivity index (χ4v) is 2.22. The number of carbonyl (C=O) groups is 2. The summed E-state index contributed by atoms with van der Waals surface area (Å²) >= 11 is 0. The largest absolute Gasteiger partial charge is 0.480 e. The smallest absolute Gasteiger partial charge is 0.327 e. The fourth-order valence-electron chi connectivity index (χ4n) is 2.22. The molecule has 2 aromatic carbocycles. The molecular weight excluding hydrogens is 346 g/mol. The molecule has 0 radical (unpaired) electrons. The maximum Gasteiger partial charge on any atom is 0.327 e. The molecule has 2 rings (SSSR count). The van der Waals surface area contributed by atoms with Crippen LogP contribution in [-0.4, -0.2) is 34.2 Å². The summed E-state index contributed by atoms with van der Waals surface area (Å²) in [5, 5.41) is 20.0. The van der Waals surface area contributed by atoms with Crippen molar-refractivity contribution in [3.05, 3.63) is 71.8 Å². The second kappa shape index (κ2) is 12.1. The lowest BCUT2D eigenvalue weighted by Crippen LogP contribution is -2.42. The summed E-state index contributed by atoms with van der Waals surface area (Å²) in [7, 11) is 0. The van der Waals surface area contributed by atoms with Crippen LogP contribution in [0.15, 0.2) is 60.7 Å². The highest BCUT2D eigenvalue weighted by atomic mass is 16.4. The van der Waals surface area contributed by atoms with Gasteiger partial charge in [-0.25, -0.2) is 10.2 Å². The molecule has 0 bridgehead atoms. The predicted octanol–water partition coefficient (Wildman–Crippen LogP) is 1.01. The van der Waals surface area contributed by atoms with Gasteiger partial charge in [-0.15, -0.1) is 0 Å². The first-order valence-corrected chi connectivity index (χ1v) is 8.18. The van der Waals surface area contributed by atoms with E-state index in [1.165, 1.54) is 0 Å². The molecule has 0 aliphatic rings. The standard InChI is InChI=1S/C11H11NO2.C9H12N2O2/c1-2-12-10(11(13)14)8-9-6-4-3-5-7-9;10-11-8(9(12)13)6-7-4-2-1-3-5-7/h1,3-7,10,12H,8H2,(H,13,14);1-5,8,11H,6,10H2,(H,12,13)/t10-;8-/m00/s1. The van der Waals surface area contributed by atoms with E-state index >= 15 is 0 Å². The van der Waals surface area contributed by atoms with Crippen LogP contribution in [0.3, 0.4) is 0 Å². The first-order valence-electron chi connectivity index (χ1n) is 8.18. The van der Waals surface area contributed by atoms with Crippen LogP contribution in [0.5, 0.6) is 0 Å². The van der Waals surface area contributed by atoms with Crippen LogP contribution in [0.2, 0.25) is 0 Å². The van der Waals surface area contributed by atoms with Gasteiger partial charge in [0.05, 0.1) is 0 Å². The summed E-state index contributed by atoms with van der Waals surface area (Å²) in [5.41, 5.74) is 4.15. The van der Waals surface area contributed by atoms with E-state index in [9.17, 15) is 9.59 Å². The van der Waals surface area contributed by atoms with E-state index in [2.05, 4.69) is 16.8 Å². The molecule has 2 atom stereocenters. The van der Waals surface area contributed by atoms with Gasteiger partial charge in [0.25, 0.3) is 0 Å². The molecule has 27 heavy (non-hydrogen) atoms. The van der Waals surface area contributed by atoms with Crippen molar-refractivity contribution >= 4 is 11.9 Å². The summed E-state index contributed by atoms with van der Waals surface area (Å²) in [6.45, 7) is 0. The van der Waals surface area contributed by atoms with E-state index in [0.717, 1.165) is 11.1 Å². The van der Waals surface area contributed by atoms with E-state index in [0.29, 0.717) is 12.8 Å². The molecule has 6 N–H and O–H groups in total. The first kappa shape index (κ1) is 21.7. The molecule has 0 spiro atoms. The average Bonchev–Trinajstić information content (AvgIpc) is 2.67. The Morgan fingerprint density at radius 3 is 1.63 bits per heavy atom. The van der Waals surface area contributed by atoms with Crippen molar-refractivity contribution in [2.24, 2.45) is 5.84 Å². The Kier molecular flexibility index (Phi) is 9.71. The van der Waals surface area contributed by atoms with Crippen molar-refractivity contribution in [3.63, 3.8) is 0 Å². The third kappa shape index (κ3) is 8.54. The van der Waals surface area contributed by atoms with E-state index in [4.69, 9.17) is 22.5 Å². The molecule has 142 valence electrons. The summed E-state index contributed by atoms with van der Waals surface area (Å²) < 4.78 is 0. The third-order valence-electron chi connectivity index (χ3n) is 3.62. The van der Waals surface area contributed by atoms with Crippen molar-refractivity contribution in [2.75, 3.05) is 0 Å². The first-order chi connectivity index (χ1) is 13.0. The molecule has 0 amide bonds. The summed E-state index contributed by atoms with van der Waals surface area (Å²) in [6.07, 6.45) is 5.78. The van der Waals surface area contributed by atoms with Gasteiger partial charge >= 0.3 is 11.9 Å². The highest BCUT2D eigenvalue weighted by molar-refractivity contribution is 5.74. The van der Waals surface area contributed by atoms with Crippen LogP contribution in [0.1, 0.15) is 11.1 Å². The minimum absolute atomic E-state index is 0.389. The van der Waals surface area contributed by atoms with E-state index in [1.807, 2.05) is 60.7 Å². The molecule has 0 aromatic heterocycles. The van der Waals surface area contributed by atoms with Crippen molar-refractivity contribution in [1.82, 2.24) is 10.7 Å². The zero-order valence-corrected chi connectivity index (χ0v) is 14.7. The van der Waals surface area contributed by atoms with Gasteiger partial charge in [0, 0.05) is 12.5 Å².